The Morgan fingerprint density at radius 1 is 1.00 bits per heavy atom. The number of halogens is 1. The normalized spacial score (nSPS) is 14.2. The third kappa shape index (κ3) is 5.02. The molecule has 0 saturated carbocycles. The van der Waals surface area contributed by atoms with Crippen LogP contribution in [0.1, 0.15) is 0 Å². The summed E-state index contributed by atoms with van der Waals surface area (Å²) >= 11 is 0. The van der Waals surface area contributed by atoms with Crippen molar-refractivity contribution in [1.82, 2.24) is 0 Å². The van der Waals surface area contributed by atoms with Gasteiger partial charge in [-0.2, -0.15) is 0 Å². The van der Waals surface area contributed by atoms with Crippen LogP contribution in [-0.2, 0) is 27.7 Å². The maximum absolute atomic E-state index is 10.9. The Labute approximate surface area is 146 Å². The van der Waals surface area contributed by atoms with Gasteiger partial charge in [0.15, 0.2) is 0 Å². The zero-order chi connectivity index (χ0) is 13.8. The molecule has 0 aliphatic heterocycles. The van der Waals surface area contributed by atoms with E-state index in [2.05, 4.69) is 4.99 Å². The monoisotopic (exact) mass is 495 g/mol. The molecule has 0 saturated heterocycles. The average molecular weight is 494 g/mol. The van der Waals surface area contributed by atoms with E-state index in [4.69, 9.17) is 0 Å². The molecule has 0 heterocycles. The van der Waals surface area contributed by atoms with Crippen molar-refractivity contribution < 1.29 is 49.9 Å². The van der Waals surface area contributed by atoms with E-state index in [1.54, 1.807) is 30.7 Å². The standard InChI is InChI=1S/C12H8N3O4.ClH.Hg/c16-14(17)10-6-7-11(12(8-10)15(18)19)13-9-4-2-1-3-5-9;;/h1-8H;1H;/q;;+1/p-1. The van der Waals surface area contributed by atoms with E-state index < -0.39 is 15.5 Å². The van der Waals surface area contributed by atoms with Crippen molar-refractivity contribution in [2.45, 2.75) is 0 Å². The third-order valence-electron chi connectivity index (χ3n) is 2.37. The molecule has 1 aromatic rings. The SMILES string of the molecule is O=[N+]([O-])c1ccc(N=C2[CH]C=CC=C2)c([N+](=O)[O-])c1.[Cl-].[Hg+]. The fourth-order valence-electron chi connectivity index (χ4n) is 1.51. The number of non-ortho nitro benzene ring substituents is 1. The first-order valence-corrected chi connectivity index (χ1v) is 5.27. The van der Waals surface area contributed by atoms with Gasteiger partial charge in [0.05, 0.1) is 15.9 Å². The van der Waals surface area contributed by atoms with Crippen molar-refractivity contribution in [2.75, 3.05) is 0 Å². The molecule has 0 bridgehead atoms. The van der Waals surface area contributed by atoms with Gasteiger partial charge in [0.2, 0.25) is 0 Å². The van der Waals surface area contributed by atoms with Gasteiger partial charge in [0.1, 0.15) is 5.69 Å². The van der Waals surface area contributed by atoms with Gasteiger partial charge in [-0.15, -0.1) is 0 Å². The van der Waals surface area contributed by atoms with Crippen molar-refractivity contribution in [3.8, 4) is 0 Å². The van der Waals surface area contributed by atoms with E-state index in [0.717, 1.165) is 6.07 Å². The predicted molar refractivity (Wildman–Crippen MR) is 69.4 cm³/mol. The van der Waals surface area contributed by atoms with Gasteiger partial charge in [-0.05, 0) is 12.1 Å². The largest absolute Gasteiger partial charge is 1.00 e. The summed E-state index contributed by atoms with van der Waals surface area (Å²) in [5, 5.41) is 21.5. The van der Waals surface area contributed by atoms with Crippen LogP contribution in [0.25, 0.3) is 0 Å². The molecular weight excluding hydrogens is 486 g/mol. The molecule has 7 nitrogen and oxygen atoms in total. The molecule has 0 atom stereocenters. The second-order valence-corrected chi connectivity index (χ2v) is 3.63. The molecule has 1 aromatic carbocycles. The molecule has 0 N–H and O–H groups in total. The van der Waals surface area contributed by atoms with Crippen molar-refractivity contribution in [3.63, 3.8) is 0 Å². The number of rotatable bonds is 3. The first-order chi connectivity index (χ1) is 9.08. The van der Waals surface area contributed by atoms with E-state index in [1.165, 1.54) is 12.1 Å². The Balaban J connectivity index is 0.00000200. The minimum atomic E-state index is -0.686. The molecule has 1 aliphatic carbocycles. The Morgan fingerprint density at radius 2 is 1.71 bits per heavy atom. The summed E-state index contributed by atoms with van der Waals surface area (Å²) in [4.78, 5) is 24.2. The summed E-state index contributed by atoms with van der Waals surface area (Å²) in [7, 11) is 0. The number of nitro benzene ring substituents is 2. The molecule has 0 unspecified atom stereocenters. The van der Waals surface area contributed by atoms with Gasteiger partial charge in [-0.1, -0.05) is 18.2 Å². The second-order valence-electron chi connectivity index (χ2n) is 3.63. The topological polar surface area (TPSA) is 98.6 Å². The van der Waals surface area contributed by atoms with Crippen LogP contribution in [0.4, 0.5) is 17.1 Å². The number of benzene rings is 1. The Bertz CT molecular complexity index is 643. The average Bonchev–Trinajstić information content (AvgIpc) is 2.39. The number of nitro groups is 2. The van der Waals surface area contributed by atoms with E-state index in [-0.39, 0.29) is 51.5 Å². The molecule has 0 amide bonds. The summed E-state index contributed by atoms with van der Waals surface area (Å²) in [5.41, 5.74) is -0.0991. The third-order valence-corrected chi connectivity index (χ3v) is 2.37. The Kier molecular flexibility index (Phi) is 7.97. The second kappa shape index (κ2) is 8.63. The zero-order valence-corrected chi connectivity index (χ0v) is 16.9. The van der Waals surface area contributed by atoms with Crippen LogP contribution in [0.3, 0.4) is 0 Å². The molecule has 0 fully saturated rings. The first-order valence-electron chi connectivity index (χ1n) is 5.27. The van der Waals surface area contributed by atoms with Gasteiger partial charge < -0.3 is 12.4 Å². The van der Waals surface area contributed by atoms with Crippen LogP contribution in [0.5, 0.6) is 0 Å². The predicted octanol–water partition coefficient (Wildman–Crippen LogP) is -0.0927. The molecule has 0 aromatic heterocycles. The summed E-state index contributed by atoms with van der Waals surface area (Å²) in [5.74, 6) is 0. The molecular formula is C12H8ClHgN3O4. The van der Waals surface area contributed by atoms with Crippen LogP contribution in [0.15, 0.2) is 47.5 Å². The van der Waals surface area contributed by atoms with Crippen LogP contribution in [0, 0.1) is 26.6 Å². The number of allylic oxidation sites excluding steroid dienone is 4. The number of hydrogen-bond acceptors (Lipinski definition) is 5. The number of hydrogen-bond donors (Lipinski definition) is 0. The van der Waals surface area contributed by atoms with E-state index >= 15 is 0 Å². The van der Waals surface area contributed by atoms with E-state index in [0.29, 0.717) is 5.71 Å². The zero-order valence-electron chi connectivity index (χ0n) is 10.7. The first kappa shape index (κ1) is 19.4. The minimum absolute atomic E-state index is 0. The summed E-state index contributed by atoms with van der Waals surface area (Å²) in [6.45, 7) is 0. The fraction of sp³-hybridized carbons (Fsp3) is 0. The molecule has 104 valence electrons. The van der Waals surface area contributed by atoms with Gasteiger partial charge in [-0.25, -0.2) is 4.99 Å². The van der Waals surface area contributed by atoms with Gasteiger partial charge in [0, 0.05) is 18.2 Å². The fourth-order valence-corrected chi connectivity index (χ4v) is 1.51. The summed E-state index contributed by atoms with van der Waals surface area (Å²) < 4.78 is 0. The van der Waals surface area contributed by atoms with Crippen molar-refractivity contribution >= 4 is 22.8 Å². The van der Waals surface area contributed by atoms with Crippen LogP contribution >= 0.6 is 0 Å². The summed E-state index contributed by atoms with van der Waals surface area (Å²) in [6.07, 6.45) is 8.66. The minimum Gasteiger partial charge on any atom is -1.00 e. The van der Waals surface area contributed by atoms with Crippen molar-refractivity contribution in [2.24, 2.45) is 4.99 Å². The maximum atomic E-state index is 10.9. The van der Waals surface area contributed by atoms with Crippen molar-refractivity contribution in [1.29, 1.82) is 0 Å². The Hall–Kier alpha value is -1.60. The van der Waals surface area contributed by atoms with Crippen molar-refractivity contribution in [3.05, 3.63) is 69.2 Å². The number of nitrogens with zero attached hydrogens (tertiary/aromatic N) is 3. The van der Waals surface area contributed by atoms with Crippen LogP contribution in [0.2, 0.25) is 0 Å². The molecule has 9 heteroatoms. The van der Waals surface area contributed by atoms with Crippen LogP contribution in [-0.4, -0.2) is 15.6 Å². The molecule has 2 rings (SSSR count). The van der Waals surface area contributed by atoms with Gasteiger partial charge in [-0.3, -0.25) is 20.2 Å². The van der Waals surface area contributed by atoms with E-state index in [9.17, 15) is 20.2 Å². The summed E-state index contributed by atoms with van der Waals surface area (Å²) in [6, 6.07) is 3.36. The number of aliphatic imine (C=N–C) groups is 1. The van der Waals surface area contributed by atoms with Gasteiger partial charge in [0.25, 0.3) is 5.69 Å². The van der Waals surface area contributed by atoms with E-state index in [1.807, 2.05) is 0 Å². The smallest absolute Gasteiger partial charge is 1.00 e. The molecule has 21 heavy (non-hydrogen) atoms. The molecule has 2 radical (unpaired) electrons. The molecule has 0 spiro atoms. The Morgan fingerprint density at radius 3 is 2.24 bits per heavy atom. The maximum Gasteiger partial charge on any atom is 1.00 e. The van der Waals surface area contributed by atoms with Gasteiger partial charge >= 0.3 is 33.4 Å². The van der Waals surface area contributed by atoms with Crippen LogP contribution < -0.4 is 12.4 Å². The quantitative estimate of drug-likeness (QED) is 0.333. The molecule has 1 aliphatic rings.